The van der Waals surface area contributed by atoms with E-state index in [0.29, 0.717) is 16.4 Å². The quantitative estimate of drug-likeness (QED) is 0.652. The van der Waals surface area contributed by atoms with Crippen molar-refractivity contribution in [1.29, 1.82) is 0 Å². The van der Waals surface area contributed by atoms with E-state index in [1.54, 1.807) is 24.3 Å². The molecule has 26 heavy (non-hydrogen) atoms. The topological polar surface area (TPSA) is 98.0 Å². The molecule has 0 aliphatic heterocycles. The van der Waals surface area contributed by atoms with Crippen LogP contribution in [0.5, 0.6) is 0 Å². The molecule has 2 aromatic carbocycles. The molecule has 0 spiro atoms. The van der Waals surface area contributed by atoms with Crippen LogP contribution in [0.1, 0.15) is 11.3 Å². The molecule has 1 heterocycles. The first-order chi connectivity index (χ1) is 12.4. The van der Waals surface area contributed by atoms with Crippen LogP contribution >= 0.6 is 11.6 Å². The summed E-state index contributed by atoms with van der Waals surface area (Å²) < 4.78 is 27.1. The van der Waals surface area contributed by atoms with E-state index in [1.807, 2.05) is 18.2 Å². The number of nitrogen functional groups attached to an aromatic ring is 1. The zero-order valence-corrected chi connectivity index (χ0v) is 15.1. The number of rotatable bonds is 5. The fourth-order valence-electron chi connectivity index (χ4n) is 2.10. The molecule has 0 aliphatic rings. The summed E-state index contributed by atoms with van der Waals surface area (Å²) in [6.45, 7) is 0. The molecule has 3 N–H and O–H groups in total. The lowest BCUT2D eigenvalue weighted by molar-refractivity contribution is 0.601. The molecule has 0 bridgehead atoms. The van der Waals surface area contributed by atoms with Gasteiger partial charge in [-0.3, -0.25) is 0 Å². The van der Waals surface area contributed by atoms with Gasteiger partial charge in [-0.1, -0.05) is 29.8 Å². The zero-order chi connectivity index (χ0) is 18.6. The average Bonchev–Trinajstić information content (AvgIpc) is 2.61. The molecular weight excluding hydrogens is 372 g/mol. The van der Waals surface area contributed by atoms with Crippen molar-refractivity contribution in [1.82, 2.24) is 9.97 Å². The third kappa shape index (κ3) is 4.59. The zero-order valence-electron chi connectivity index (χ0n) is 13.5. The molecule has 8 heteroatoms. The van der Waals surface area contributed by atoms with Gasteiger partial charge in [-0.2, -0.15) is 0 Å². The highest BCUT2D eigenvalue weighted by Gasteiger charge is 2.15. The van der Waals surface area contributed by atoms with E-state index in [0.717, 1.165) is 5.56 Å². The van der Waals surface area contributed by atoms with Gasteiger partial charge < -0.3 is 5.73 Å². The summed E-state index contributed by atoms with van der Waals surface area (Å²) in [6, 6.07) is 14.8. The number of nitrogens with zero attached hydrogens (tertiary/aromatic N) is 2. The van der Waals surface area contributed by atoms with Gasteiger partial charge in [0.05, 0.1) is 10.6 Å². The Bertz CT molecular complexity index is 1030. The second-order valence-corrected chi connectivity index (χ2v) is 7.48. The lowest BCUT2D eigenvalue weighted by atomic mass is 10.2. The van der Waals surface area contributed by atoms with Crippen LogP contribution in [-0.2, 0) is 10.0 Å². The summed E-state index contributed by atoms with van der Waals surface area (Å²) in [5, 5.41) is 0.656. The molecule has 0 unspecified atom stereocenters. The van der Waals surface area contributed by atoms with Gasteiger partial charge >= 0.3 is 0 Å². The Morgan fingerprint density at radius 1 is 0.962 bits per heavy atom. The first kappa shape index (κ1) is 17.9. The largest absolute Gasteiger partial charge is 0.399 e. The van der Waals surface area contributed by atoms with E-state index in [-0.39, 0.29) is 10.8 Å². The fraction of sp³-hybridized carbons (Fsp3) is 0. The highest BCUT2D eigenvalue weighted by atomic mass is 35.5. The number of sulfonamides is 1. The molecule has 6 nitrogen and oxygen atoms in total. The van der Waals surface area contributed by atoms with E-state index in [4.69, 9.17) is 17.3 Å². The summed E-state index contributed by atoms with van der Waals surface area (Å²) in [5.41, 5.74) is 7.56. The number of benzene rings is 2. The summed E-state index contributed by atoms with van der Waals surface area (Å²) in [6.07, 6.45) is 5.08. The molecule has 0 saturated heterocycles. The number of hydrogen-bond donors (Lipinski definition) is 2. The Kier molecular flexibility index (Phi) is 5.20. The van der Waals surface area contributed by atoms with Crippen molar-refractivity contribution >= 4 is 45.4 Å². The predicted molar refractivity (Wildman–Crippen MR) is 104 cm³/mol. The van der Waals surface area contributed by atoms with Crippen molar-refractivity contribution in [3.8, 4) is 0 Å². The van der Waals surface area contributed by atoms with Crippen molar-refractivity contribution in [3.63, 3.8) is 0 Å². The normalized spacial score (nSPS) is 11.6. The third-order valence-electron chi connectivity index (χ3n) is 3.41. The van der Waals surface area contributed by atoms with Crippen molar-refractivity contribution in [2.24, 2.45) is 0 Å². The average molecular weight is 387 g/mol. The summed E-state index contributed by atoms with van der Waals surface area (Å²) >= 11 is 5.85. The van der Waals surface area contributed by atoms with Crippen LogP contribution in [0.4, 0.5) is 11.6 Å². The molecule has 0 radical (unpaired) electrons. The molecule has 3 aromatic rings. The van der Waals surface area contributed by atoms with Crippen LogP contribution < -0.4 is 10.5 Å². The minimum Gasteiger partial charge on any atom is -0.399 e. The van der Waals surface area contributed by atoms with Gasteiger partial charge in [-0.15, -0.1) is 0 Å². The second kappa shape index (κ2) is 7.55. The Balaban J connectivity index is 1.78. The SMILES string of the molecule is Nc1ccc(S(=O)(=O)Nc2nccc(/C=C/c3ccc(Cl)cc3)n2)cc1. The van der Waals surface area contributed by atoms with Crippen molar-refractivity contribution in [2.75, 3.05) is 10.5 Å². The van der Waals surface area contributed by atoms with Gasteiger partial charge in [0.25, 0.3) is 10.0 Å². The first-order valence-corrected chi connectivity index (χ1v) is 9.43. The van der Waals surface area contributed by atoms with Crippen LogP contribution in [0.3, 0.4) is 0 Å². The van der Waals surface area contributed by atoms with Gasteiger partial charge in [0, 0.05) is 16.9 Å². The molecule has 0 saturated carbocycles. The molecule has 0 amide bonds. The number of nitrogens with one attached hydrogen (secondary N) is 1. The maximum Gasteiger partial charge on any atom is 0.264 e. The monoisotopic (exact) mass is 386 g/mol. The smallest absolute Gasteiger partial charge is 0.264 e. The van der Waals surface area contributed by atoms with Crippen molar-refractivity contribution < 1.29 is 8.42 Å². The lowest BCUT2D eigenvalue weighted by Crippen LogP contribution is -2.15. The maximum absolute atomic E-state index is 12.4. The molecule has 3 rings (SSSR count). The highest BCUT2D eigenvalue weighted by molar-refractivity contribution is 7.92. The fourth-order valence-corrected chi connectivity index (χ4v) is 3.17. The van der Waals surface area contributed by atoms with Crippen LogP contribution in [0.15, 0.2) is 65.7 Å². The van der Waals surface area contributed by atoms with E-state index >= 15 is 0 Å². The van der Waals surface area contributed by atoms with Gasteiger partial charge in [0.15, 0.2) is 0 Å². The van der Waals surface area contributed by atoms with Crippen LogP contribution in [0.25, 0.3) is 12.2 Å². The maximum atomic E-state index is 12.4. The van der Waals surface area contributed by atoms with Gasteiger partial charge in [0.1, 0.15) is 0 Å². The van der Waals surface area contributed by atoms with Crippen LogP contribution in [-0.4, -0.2) is 18.4 Å². The second-order valence-electron chi connectivity index (χ2n) is 5.36. The van der Waals surface area contributed by atoms with Crippen LogP contribution in [0, 0.1) is 0 Å². The van der Waals surface area contributed by atoms with Gasteiger partial charge in [-0.25, -0.2) is 23.1 Å². The van der Waals surface area contributed by atoms with Crippen molar-refractivity contribution in [3.05, 3.63) is 77.1 Å². The summed E-state index contributed by atoms with van der Waals surface area (Å²) in [5.74, 6) is -0.0138. The number of aromatic nitrogens is 2. The van der Waals surface area contributed by atoms with E-state index in [1.165, 1.54) is 30.5 Å². The third-order valence-corrected chi connectivity index (χ3v) is 5.01. The first-order valence-electron chi connectivity index (χ1n) is 7.57. The van der Waals surface area contributed by atoms with Crippen LogP contribution in [0.2, 0.25) is 5.02 Å². The molecule has 132 valence electrons. The van der Waals surface area contributed by atoms with E-state index < -0.39 is 10.0 Å². The lowest BCUT2D eigenvalue weighted by Gasteiger charge is -2.07. The molecule has 0 fully saturated rings. The summed E-state index contributed by atoms with van der Waals surface area (Å²) in [4.78, 5) is 8.23. The molecule has 0 aliphatic carbocycles. The number of nitrogens with two attached hydrogens (primary N) is 1. The molecule has 0 atom stereocenters. The number of hydrogen-bond acceptors (Lipinski definition) is 5. The van der Waals surface area contributed by atoms with Gasteiger partial charge in [0.2, 0.25) is 5.95 Å². The molecular formula is C18H15ClN4O2S. The minimum atomic E-state index is -3.79. The summed E-state index contributed by atoms with van der Waals surface area (Å²) in [7, 11) is -3.79. The van der Waals surface area contributed by atoms with Crippen molar-refractivity contribution in [2.45, 2.75) is 4.90 Å². The predicted octanol–water partition coefficient (Wildman–Crippen LogP) is 3.68. The Morgan fingerprint density at radius 2 is 1.65 bits per heavy atom. The standard InChI is InChI=1S/C18H15ClN4O2S/c19-14-4-1-13(2-5-14)3-8-16-11-12-21-18(22-16)23-26(24,25)17-9-6-15(20)7-10-17/h1-12H,20H2,(H,21,22,23)/b8-3+. The number of anilines is 2. The van der Waals surface area contributed by atoms with E-state index in [2.05, 4.69) is 14.7 Å². The highest BCUT2D eigenvalue weighted by Crippen LogP contribution is 2.16. The minimum absolute atomic E-state index is 0.0138. The Labute approximate surface area is 156 Å². The Hall–Kier alpha value is -2.90. The Morgan fingerprint density at radius 3 is 2.35 bits per heavy atom. The molecule has 1 aromatic heterocycles. The number of halogens is 1. The van der Waals surface area contributed by atoms with E-state index in [9.17, 15) is 8.42 Å². The van der Waals surface area contributed by atoms with Gasteiger partial charge in [-0.05, 0) is 54.1 Å².